The zero-order valence-corrected chi connectivity index (χ0v) is 14.9. The van der Waals surface area contributed by atoms with Crippen LogP contribution in [0.25, 0.3) is 22.2 Å². The standard InChI is InChI=1S/C21H15N3O4/c1-13-9-10-14-16(22-13)6-4-7-17(14)23-21(25)20-12-11-19(28-20)15-5-2-3-8-18(15)24(26)27/h2-12H,1H3,(H,23,25). The predicted octanol–water partition coefficient (Wildman–Crippen LogP) is 4.96. The van der Waals surface area contributed by atoms with Gasteiger partial charge in [0, 0.05) is 17.1 Å². The van der Waals surface area contributed by atoms with Crippen molar-refractivity contribution in [1.82, 2.24) is 4.98 Å². The second-order valence-corrected chi connectivity index (χ2v) is 6.22. The fourth-order valence-corrected chi connectivity index (χ4v) is 3.00. The summed E-state index contributed by atoms with van der Waals surface area (Å²) >= 11 is 0. The Morgan fingerprint density at radius 1 is 1.04 bits per heavy atom. The van der Waals surface area contributed by atoms with E-state index in [2.05, 4.69) is 10.3 Å². The third-order valence-electron chi connectivity index (χ3n) is 4.32. The van der Waals surface area contributed by atoms with Crippen molar-refractivity contribution in [2.75, 3.05) is 5.32 Å². The van der Waals surface area contributed by atoms with Crippen LogP contribution in [-0.2, 0) is 0 Å². The maximum absolute atomic E-state index is 12.6. The number of para-hydroxylation sites is 1. The number of anilines is 1. The number of furan rings is 1. The highest BCUT2D eigenvalue weighted by Gasteiger charge is 2.19. The van der Waals surface area contributed by atoms with Crippen molar-refractivity contribution in [3.05, 3.63) is 88.3 Å². The van der Waals surface area contributed by atoms with Crippen molar-refractivity contribution in [2.24, 2.45) is 0 Å². The molecule has 4 aromatic rings. The van der Waals surface area contributed by atoms with Gasteiger partial charge in [0.15, 0.2) is 5.76 Å². The van der Waals surface area contributed by atoms with E-state index in [0.717, 1.165) is 16.6 Å². The van der Waals surface area contributed by atoms with Crippen molar-refractivity contribution < 1.29 is 14.1 Å². The maximum atomic E-state index is 12.6. The second kappa shape index (κ2) is 6.96. The zero-order valence-electron chi connectivity index (χ0n) is 14.9. The Kier molecular flexibility index (Phi) is 4.33. The van der Waals surface area contributed by atoms with Gasteiger partial charge in [-0.05, 0) is 49.4 Å². The summed E-state index contributed by atoms with van der Waals surface area (Å²) in [6, 6.07) is 18.5. The molecule has 0 unspecified atom stereocenters. The number of carbonyl (C=O) groups is 1. The molecule has 2 heterocycles. The van der Waals surface area contributed by atoms with E-state index < -0.39 is 10.8 Å². The summed E-state index contributed by atoms with van der Waals surface area (Å²) in [7, 11) is 0. The first-order valence-corrected chi connectivity index (χ1v) is 8.54. The van der Waals surface area contributed by atoms with E-state index in [0.29, 0.717) is 11.3 Å². The SMILES string of the molecule is Cc1ccc2c(NC(=O)c3ccc(-c4ccccc4[N+](=O)[O-])o3)cccc2n1. The molecule has 1 N–H and O–H groups in total. The molecule has 0 saturated carbocycles. The lowest BCUT2D eigenvalue weighted by Crippen LogP contribution is -2.11. The van der Waals surface area contributed by atoms with Gasteiger partial charge in [0.2, 0.25) is 0 Å². The first kappa shape index (κ1) is 17.4. The Morgan fingerprint density at radius 2 is 1.86 bits per heavy atom. The van der Waals surface area contributed by atoms with Crippen molar-refractivity contribution in [1.29, 1.82) is 0 Å². The van der Waals surface area contributed by atoms with Gasteiger partial charge in [-0.2, -0.15) is 0 Å². The molecule has 0 aliphatic rings. The van der Waals surface area contributed by atoms with Crippen LogP contribution in [0.1, 0.15) is 16.2 Å². The number of carbonyl (C=O) groups excluding carboxylic acids is 1. The van der Waals surface area contributed by atoms with Crippen molar-refractivity contribution >= 4 is 28.2 Å². The van der Waals surface area contributed by atoms with Gasteiger partial charge in [0.05, 0.1) is 21.7 Å². The molecule has 138 valence electrons. The van der Waals surface area contributed by atoms with Crippen molar-refractivity contribution in [3.63, 3.8) is 0 Å². The van der Waals surface area contributed by atoms with Gasteiger partial charge >= 0.3 is 0 Å². The summed E-state index contributed by atoms with van der Waals surface area (Å²) in [5.41, 5.74) is 2.50. The average molecular weight is 373 g/mol. The fourth-order valence-electron chi connectivity index (χ4n) is 3.00. The van der Waals surface area contributed by atoms with E-state index in [4.69, 9.17) is 4.42 Å². The van der Waals surface area contributed by atoms with Crippen LogP contribution >= 0.6 is 0 Å². The number of hydrogen-bond donors (Lipinski definition) is 1. The zero-order chi connectivity index (χ0) is 19.7. The minimum absolute atomic E-state index is 0.0604. The van der Waals surface area contributed by atoms with Gasteiger partial charge in [-0.3, -0.25) is 19.9 Å². The minimum Gasteiger partial charge on any atom is -0.451 e. The highest BCUT2D eigenvalue weighted by molar-refractivity contribution is 6.07. The van der Waals surface area contributed by atoms with Gasteiger partial charge in [-0.25, -0.2) is 0 Å². The highest BCUT2D eigenvalue weighted by Crippen LogP contribution is 2.31. The number of rotatable bonds is 4. The number of nitrogens with one attached hydrogen (secondary N) is 1. The van der Waals surface area contributed by atoms with Crippen LogP contribution in [0.2, 0.25) is 0 Å². The van der Waals surface area contributed by atoms with Crippen LogP contribution in [0.5, 0.6) is 0 Å². The number of fused-ring (bicyclic) bond motifs is 1. The van der Waals surface area contributed by atoms with Gasteiger partial charge in [-0.1, -0.05) is 18.2 Å². The molecule has 7 nitrogen and oxygen atoms in total. The Morgan fingerprint density at radius 3 is 2.68 bits per heavy atom. The lowest BCUT2D eigenvalue weighted by molar-refractivity contribution is -0.384. The molecule has 7 heteroatoms. The molecule has 1 amide bonds. The van der Waals surface area contributed by atoms with E-state index in [9.17, 15) is 14.9 Å². The first-order chi connectivity index (χ1) is 13.5. The van der Waals surface area contributed by atoms with Gasteiger partial charge in [0.25, 0.3) is 11.6 Å². The number of amides is 1. The van der Waals surface area contributed by atoms with Crippen LogP contribution in [0.4, 0.5) is 11.4 Å². The van der Waals surface area contributed by atoms with E-state index in [1.165, 1.54) is 12.1 Å². The molecule has 0 bridgehead atoms. The number of nitrogens with zero attached hydrogens (tertiary/aromatic N) is 2. The molecular weight excluding hydrogens is 358 g/mol. The Bertz CT molecular complexity index is 1210. The van der Waals surface area contributed by atoms with Crippen LogP contribution in [0.15, 0.2) is 71.1 Å². The van der Waals surface area contributed by atoms with Crippen LogP contribution in [-0.4, -0.2) is 15.8 Å². The summed E-state index contributed by atoms with van der Waals surface area (Å²) in [5.74, 6) is -0.129. The van der Waals surface area contributed by atoms with E-state index >= 15 is 0 Å². The number of benzene rings is 2. The smallest absolute Gasteiger partial charge is 0.291 e. The molecular formula is C21H15N3O4. The lowest BCUT2D eigenvalue weighted by Gasteiger charge is -2.07. The van der Waals surface area contributed by atoms with Crippen molar-refractivity contribution in [3.8, 4) is 11.3 Å². The van der Waals surface area contributed by atoms with E-state index in [-0.39, 0.29) is 17.2 Å². The number of nitro groups is 1. The molecule has 0 aliphatic heterocycles. The van der Waals surface area contributed by atoms with Gasteiger partial charge in [0.1, 0.15) is 5.76 Å². The number of aromatic nitrogens is 1. The summed E-state index contributed by atoms with van der Waals surface area (Å²) < 4.78 is 5.59. The summed E-state index contributed by atoms with van der Waals surface area (Å²) in [6.07, 6.45) is 0. The minimum atomic E-state index is -0.483. The first-order valence-electron chi connectivity index (χ1n) is 8.54. The Balaban J connectivity index is 1.64. The quantitative estimate of drug-likeness (QED) is 0.402. The van der Waals surface area contributed by atoms with Crippen LogP contribution < -0.4 is 5.32 Å². The molecule has 0 aliphatic carbocycles. The molecule has 0 spiro atoms. The molecule has 4 rings (SSSR count). The molecule has 0 fully saturated rings. The number of hydrogen-bond acceptors (Lipinski definition) is 5. The molecule has 2 aromatic heterocycles. The monoisotopic (exact) mass is 373 g/mol. The average Bonchev–Trinajstić information content (AvgIpc) is 3.18. The summed E-state index contributed by atoms with van der Waals surface area (Å²) in [6.45, 7) is 1.90. The molecule has 0 atom stereocenters. The second-order valence-electron chi connectivity index (χ2n) is 6.22. The lowest BCUT2D eigenvalue weighted by atomic mass is 10.1. The fraction of sp³-hybridized carbons (Fsp3) is 0.0476. The van der Waals surface area contributed by atoms with E-state index in [1.54, 1.807) is 30.3 Å². The molecule has 28 heavy (non-hydrogen) atoms. The van der Waals surface area contributed by atoms with E-state index in [1.807, 2.05) is 31.2 Å². The third-order valence-corrected chi connectivity index (χ3v) is 4.32. The Hall–Kier alpha value is -4.00. The highest BCUT2D eigenvalue weighted by atomic mass is 16.6. The van der Waals surface area contributed by atoms with Crippen LogP contribution in [0.3, 0.4) is 0 Å². The van der Waals surface area contributed by atoms with Crippen molar-refractivity contribution in [2.45, 2.75) is 6.92 Å². The van der Waals surface area contributed by atoms with Crippen LogP contribution in [0, 0.1) is 17.0 Å². The largest absolute Gasteiger partial charge is 0.451 e. The Labute approximate surface area is 159 Å². The maximum Gasteiger partial charge on any atom is 0.291 e. The van der Waals surface area contributed by atoms with Gasteiger partial charge < -0.3 is 9.73 Å². The normalized spacial score (nSPS) is 10.8. The predicted molar refractivity (Wildman–Crippen MR) is 105 cm³/mol. The van der Waals surface area contributed by atoms with Gasteiger partial charge in [-0.15, -0.1) is 0 Å². The number of aryl methyl sites for hydroxylation is 1. The molecule has 0 radical (unpaired) electrons. The topological polar surface area (TPSA) is 98.3 Å². The summed E-state index contributed by atoms with van der Waals surface area (Å²) in [4.78, 5) is 27.8. The molecule has 0 saturated heterocycles. The third kappa shape index (κ3) is 3.21. The number of pyridine rings is 1. The number of nitro benzene ring substituents is 1. The molecule has 2 aromatic carbocycles. The summed E-state index contributed by atoms with van der Waals surface area (Å²) in [5, 5.41) is 14.8.